The number of anilines is 3. The summed E-state index contributed by atoms with van der Waals surface area (Å²) in [6.07, 6.45) is 0. The molecular weight excluding hydrogens is 571 g/mol. The van der Waals surface area contributed by atoms with Crippen molar-refractivity contribution in [2.45, 2.75) is 13.8 Å². The van der Waals surface area contributed by atoms with Gasteiger partial charge >= 0.3 is 0 Å². The number of hydrogen-bond donors (Lipinski definition) is 1. The molecule has 11 heteroatoms. The molecule has 1 saturated heterocycles. The molecule has 1 aromatic heterocycles. The van der Waals surface area contributed by atoms with Gasteiger partial charge in [-0.2, -0.15) is 0 Å². The van der Waals surface area contributed by atoms with Gasteiger partial charge in [0.25, 0.3) is 17.4 Å². The number of nitrogens with zero attached hydrogens (tertiary/aromatic N) is 4. The monoisotopic (exact) mass is 595 g/mol. The minimum atomic E-state index is -0.555. The van der Waals surface area contributed by atoms with E-state index in [0.717, 1.165) is 17.3 Å². The summed E-state index contributed by atoms with van der Waals surface area (Å²) in [5, 5.41) is 2.83. The number of carbonyl (C=O) groups excluding carboxylic acids is 3. The molecule has 3 heterocycles. The van der Waals surface area contributed by atoms with Crippen LogP contribution in [0, 0.1) is 13.8 Å². The van der Waals surface area contributed by atoms with Crippen molar-refractivity contribution < 1.29 is 14.4 Å². The first-order valence-electron chi connectivity index (χ1n) is 13.1. The number of nitrogens with one attached hydrogen (secondary N) is 1. The lowest BCUT2D eigenvalue weighted by molar-refractivity contribution is -0.118. The summed E-state index contributed by atoms with van der Waals surface area (Å²) >= 11 is 6.58. The van der Waals surface area contributed by atoms with E-state index in [0.29, 0.717) is 28.3 Å². The van der Waals surface area contributed by atoms with Crippen LogP contribution < -0.4 is 20.7 Å². The number of amides is 3. The lowest BCUT2D eigenvalue weighted by Gasteiger charge is -2.17. The molecule has 2 aliphatic rings. The van der Waals surface area contributed by atoms with E-state index in [9.17, 15) is 19.2 Å². The SMILES string of the molecule is Cc1cccc(NC(=O)CN2C(=O)/C(=C3\SC(=S)N(c4c(C)n(C)n(-c5ccccc5)c4=O)C3=O)c3ccccc32)c1. The molecule has 0 radical (unpaired) electrons. The minimum Gasteiger partial charge on any atom is -0.325 e. The molecule has 0 unspecified atom stereocenters. The highest BCUT2D eigenvalue weighted by atomic mass is 32.2. The zero-order chi connectivity index (χ0) is 29.7. The van der Waals surface area contributed by atoms with Crippen LogP contribution in [0.3, 0.4) is 0 Å². The molecule has 2 aliphatic heterocycles. The van der Waals surface area contributed by atoms with E-state index in [2.05, 4.69) is 5.32 Å². The van der Waals surface area contributed by atoms with Crippen LogP contribution in [0.4, 0.5) is 17.1 Å². The normalized spacial score (nSPS) is 16.4. The summed E-state index contributed by atoms with van der Waals surface area (Å²) < 4.78 is 3.29. The average Bonchev–Trinajstić information content (AvgIpc) is 3.49. The first-order valence-corrected chi connectivity index (χ1v) is 14.3. The fourth-order valence-corrected chi connectivity index (χ4v) is 6.59. The fraction of sp³-hybridized carbons (Fsp3) is 0.129. The van der Waals surface area contributed by atoms with Crippen molar-refractivity contribution in [2.75, 3.05) is 21.7 Å². The molecule has 210 valence electrons. The lowest BCUT2D eigenvalue weighted by Crippen LogP contribution is -2.36. The Bertz CT molecular complexity index is 1910. The van der Waals surface area contributed by atoms with Crippen LogP contribution in [0.15, 0.2) is 88.6 Å². The third kappa shape index (κ3) is 4.47. The maximum Gasteiger partial charge on any atom is 0.296 e. The van der Waals surface area contributed by atoms with Gasteiger partial charge < -0.3 is 5.32 Å². The zero-order valence-corrected chi connectivity index (χ0v) is 24.6. The summed E-state index contributed by atoms with van der Waals surface area (Å²) in [5.41, 5.74) is 3.72. The predicted molar refractivity (Wildman–Crippen MR) is 169 cm³/mol. The maximum atomic E-state index is 14.0. The molecule has 0 spiro atoms. The van der Waals surface area contributed by atoms with Crippen molar-refractivity contribution in [1.29, 1.82) is 0 Å². The standard InChI is InChI=1S/C31H25N5O4S2/c1-18-10-9-11-20(16-18)32-24(37)17-34-23-15-8-7-14-22(23)25(28(34)38)27-30(40)35(31(41)42-27)26-19(2)33(3)36(29(26)39)21-12-5-4-6-13-21/h4-16H,17H2,1-3H3,(H,32,37)/b27-25-. The van der Waals surface area contributed by atoms with Crippen LogP contribution in [0.5, 0.6) is 0 Å². The highest BCUT2D eigenvalue weighted by Crippen LogP contribution is 2.45. The van der Waals surface area contributed by atoms with Gasteiger partial charge in [-0.15, -0.1) is 0 Å². The number of benzene rings is 3. The zero-order valence-electron chi connectivity index (χ0n) is 23.0. The average molecular weight is 596 g/mol. The van der Waals surface area contributed by atoms with E-state index in [1.54, 1.807) is 61.1 Å². The number of thiocarbonyl (C=S) groups is 1. The van der Waals surface area contributed by atoms with Crippen LogP contribution in [0.1, 0.15) is 16.8 Å². The smallest absolute Gasteiger partial charge is 0.296 e. The number of hydrogen-bond acceptors (Lipinski definition) is 6. The van der Waals surface area contributed by atoms with E-state index in [-0.39, 0.29) is 32.9 Å². The quantitative estimate of drug-likeness (QED) is 0.269. The molecule has 9 nitrogen and oxygen atoms in total. The number of aromatic nitrogens is 2. The summed E-state index contributed by atoms with van der Waals surface area (Å²) in [6, 6.07) is 23.5. The number of fused-ring (bicyclic) bond motifs is 1. The second-order valence-electron chi connectivity index (χ2n) is 9.95. The Labute approximate surface area is 251 Å². The topological polar surface area (TPSA) is 96.7 Å². The molecule has 6 rings (SSSR count). The number of aryl methyl sites for hydroxylation is 1. The number of rotatable bonds is 5. The van der Waals surface area contributed by atoms with Crippen molar-refractivity contribution in [1.82, 2.24) is 9.36 Å². The van der Waals surface area contributed by atoms with Crippen LogP contribution in [0.25, 0.3) is 11.3 Å². The van der Waals surface area contributed by atoms with Gasteiger partial charge in [0.1, 0.15) is 12.2 Å². The van der Waals surface area contributed by atoms with Crippen molar-refractivity contribution in [3.63, 3.8) is 0 Å². The Morgan fingerprint density at radius 2 is 1.62 bits per heavy atom. The number of para-hydroxylation sites is 2. The molecule has 0 aliphatic carbocycles. The van der Waals surface area contributed by atoms with Gasteiger partial charge in [-0.05, 0) is 49.7 Å². The third-order valence-corrected chi connectivity index (χ3v) is 8.64. The first-order chi connectivity index (χ1) is 20.2. The summed E-state index contributed by atoms with van der Waals surface area (Å²) in [5.74, 6) is -1.42. The second kappa shape index (κ2) is 10.6. The van der Waals surface area contributed by atoms with Crippen LogP contribution in [-0.2, 0) is 21.4 Å². The Morgan fingerprint density at radius 3 is 2.36 bits per heavy atom. The lowest BCUT2D eigenvalue weighted by atomic mass is 10.1. The highest BCUT2D eigenvalue weighted by Gasteiger charge is 2.44. The van der Waals surface area contributed by atoms with Crippen molar-refractivity contribution in [2.24, 2.45) is 7.05 Å². The fourth-order valence-electron chi connectivity index (χ4n) is 5.25. The van der Waals surface area contributed by atoms with Gasteiger partial charge in [-0.3, -0.25) is 33.7 Å². The Morgan fingerprint density at radius 1 is 0.905 bits per heavy atom. The first kappa shape index (κ1) is 27.4. The Kier molecular flexibility index (Phi) is 6.91. The van der Waals surface area contributed by atoms with Crippen molar-refractivity contribution >= 4 is 68.7 Å². The van der Waals surface area contributed by atoms with E-state index in [1.165, 1.54) is 14.5 Å². The largest absolute Gasteiger partial charge is 0.325 e. The number of carbonyl (C=O) groups is 3. The van der Waals surface area contributed by atoms with Gasteiger partial charge in [0.2, 0.25) is 5.91 Å². The summed E-state index contributed by atoms with van der Waals surface area (Å²) in [6.45, 7) is 3.42. The molecule has 3 amide bonds. The van der Waals surface area contributed by atoms with E-state index in [4.69, 9.17) is 12.2 Å². The van der Waals surface area contributed by atoms with Gasteiger partial charge in [-0.1, -0.05) is 72.5 Å². The Hall–Kier alpha value is -4.74. The molecule has 1 N–H and O–H groups in total. The van der Waals surface area contributed by atoms with Crippen LogP contribution in [0.2, 0.25) is 0 Å². The highest BCUT2D eigenvalue weighted by molar-refractivity contribution is 8.27. The van der Waals surface area contributed by atoms with Crippen LogP contribution in [-0.4, -0.2) is 38.0 Å². The molecule has 3 aromatic carbocycles. The van der Waals surface area contributed by atoms with Gasteiger partial charge in [0, 0.05) is 18.3 Å². The predicted octanol–water partition coefficient (Wildman–Crippen LogP) is 4.55. The molecule has 0 atom stereocenters. The van der Waals surface area contributed by atoms with Gasteiger partial charge in [-0.25, -0.2) is 4.68 Å². The second-order valence-corrected chi connectivity index (χ2v) is 11.6. The Balaban J connectivity index is 1.37. The molecule has 0 bridgehead atoms. The van der Waals surface area contributed by atoms with Crippen molar-refractivity contribution in [3.05, 3.63) is 111 Å². The molecule has 42 heavy (non-hydrogen) atoms. The third-order valence-electron chi connectivity index (χ3n) is 7.27. The van der Waals surface area contributed by atoms with E-state index in [1.807, 2.05) is 43.3 Å². The molecule has 4 aromatic rings. The summed E-state index contributed by atoms with van der Waals surface area (Å²) in [7, 11) is 1.74. The van der Waals surface area contributed by atoms with Gasteiger partial charge in [0.05, 0.1) is 27.5 Å². The van der Waals surface area contributed by atoms with Crippen molar-refractivity contribution in [3.8, 4) is 5.69 Å². The summed E-state index contributed by atoms with van der Waals surface area (Å²) in [4.78, 5) is 57.2. The minimum absolute atomic E-state index is 0.118. The molecule has 0 saturated carbocycles. The van der Waals surface area contributed by atoms with Gasteiger partial charge in [0.15, 0.2) is 4.32 Å². The number of thioether (sulfide) groups is 1. The molecular formula is C31H25N5O4S2. The van der Waals surface area contributed by atoms with Crippen LogP contribution >= 0.6 is 24.0 Å². The van der Waals surface area contributed by atoms with E-state index < -0.39 is 17.4 Å². The molecule has 1 fully saturated rings. The maximum absolute atomic E-state index is 14.0. The van der Waals surface area contributed by atoms with E-state index >= 15 is 0 Å².